The molecule has 2 fully saturated rings. The van der Waals surface area contributed by atoms with Crippen molar-refractivity contribution in [2.45, 2.75) is 58.6 Å². The first-order valence-electron chi connectivity index (χ1n) is 17.6. The van der Waals surface area contributed by atoms with E-state index < -0.39 is 23.8 Å². The molecule has 2 saturated heterocycles. The Balaban J connectivity index is 0.928. The Morgan fingerprint density at radius 1 is 0.904 bits per heavy atom. The van der Waals surface area contributed by atoms with E-state index in [2.05, 4.69) is 25.0 Å². The van der Waals surface area contributed by atoms with Crippen LogP contribution in [0.5, 0.6) is 5.75 Å². The number of benzene rings is 3. The number of rotatable bonds is 11. The van der Waals surface area contributed by atoms with Crippen molar-refractivity contribution in [2.24, 2.45) is 11.3 Å². The maximum atomic E-state index is 14.8. The Labute approximate surface area is 300 Å². The SMILES string of the molecule is CC(C)(C)C(O)Cn1ncn(-c2ccc(N3CCN(c4ccc(OCC5CC(Cn6cncn6)OC5c5ccc(F)cc5F)cc4)CC3)cc2)c1=O. The van der Waals surface area contributed by atoms with E-state index in [0.29, 0.717) is 30.9 Å². The van der Waals surface area contributed by atoms with Crippen LogP contribution >= 0.6 is 0 Å². The van der Waals surface area contributed by atoms with Gasteiger partial charge in [0, 0.05) is 55.1 Å². The predicted octanol–water partition coefficient (Wildman–Crippen LogP) is 4.86. The van der Waals surface area contributed by atoms with E-state index in [1.54, 1.807) is 11.0 Å². The van der Waals surface area contributed by atoms with Crippen LogP contribution in [0.3, 0.4) is 0 Å². The molecule has 0 aliphatic carbocycles. The van der Waals surface area contributed by atoms with E-state index >= 15 is 0 Å². The van der Waals surface area contributed by atoms with Crippen molar-refractivity contribution in [1.29, 1.82) is 0 Å². The maximum Gasteiger partial charge on any atom is 0.350 e. The molecule has 4 atom stereocenters. The van der Waals surface area contributed by atoms with Crippen LogP contribution in [-0.2, 0) is 17.8 Å². The summed E-state index contributed by atoms with van der Waals surface area (Å²) in [5.41, 5.74) is 2.57. The Morgan fingerprint density at radius 3 is 2.17 bits per heavy atom. The number of aliphatic hydroxyl groups is 1. The van der Waals surface area contributed by atoms with Crippen molar-refractivity contribution in [3.8, 4) is 11.4 Å². The molecule has 3 aromatic carbocycles. The van der Waals surface area contributed by atoms with E-state index in [1.165, 1.54) is 34.0 Å². The highest BCUT2D eigenvalue weighted by Gasteiger charge is 2.38. The molecule has 2 aliphatic rings. The summed E-state index contributed by atoms with van der Waals surface area (Å²) in [5.74, 6) is -0.708. The molecule has 4 unspecified atom stereocenters. The molecule has 0 spiro atoms. The number of aromatic nitrogens is 6. The number of anilines is 2. The molecule has 1 N–H and O–H groups in total. The van der Waals surface area contributed by atoms with Gasteiger partial charge in [-0.1, -0.05) is 26.8 Å². The van der Waals surface area contributed by atoms with Crippen LogP contribution in [0.4, 0.5) is 20.2 Å². The first-order chi connectivity index (χ1) is 25.0. The minimum absolute atomic E-state index is 0.137. The largest absolute Gasteiger partial charge is 0.493 e. The van der Waals surface area contributed by atoms with Gasteiger partial charge in [-0.25, -0.2) is 27.8 Å². The molecule has 0 saturated carbocycles. The zero-order chi connectivity index (χ0) is 36.4. The Bertz CT molecular complexity index is 1990. The van der Waals surface area contributed by atoms with E-state index in [-0.39, 0.29) is 29.7 Å². The van der Waals surface area contributed by atoms with Gasteiger partial charge in [0.1, 0.15) is 36.4 Å². The minimum Gasteiger partial charge on any atom is -0.493 e. The van der Waals surface area contributed by atoms with Gasteiger partial charge in [0.2, 0.25) is 0 Å². The fourth-order valence-electron chi connectivity index (χ4n) is 6.78. The first-order valence-corrected chi connectivity index (χ1v) is 17.6. The van der Waals surface area contributed by atoms with Crippen molar-refractivity contribution >= 4 is 11.4 Å². The summed E-state index contributed by atoms with van der Waals surface area (Å²) in [7, 11) is 0. The normalized spacial score (nSPS) is 20.0. The number of hydrogen-bond acceptors (Lipinski definition) is 9. The minimum atomic E-state index is -0.694. The van der Waals surface area contributed by atoms with E-state index in [0.717, 1.165) is 49.3 Å². The fraction of sp³-hybridized carbons (Fsp3) is 0.421. The van der Waals surface area contributed by atoms with Crippen LogP contribution in [0.2, 0.25) is 0 Å². The third-order valence-electron chi connectivity index (χ3n) is 9.98. The fourth-order valence-corrected chi connectivity index (χ4v) is 6.78. The van der Waals surface area contributed by atoms with Crippen LogP contribution in [0.25, 0.3) is 5.69 Å². The predicted molar refractivity (Wildman–Crippen MR) is 192 cm³/mol. The molecule has 4 heterocycles. The molecule has 12 nitrogen and oxygen atoms in total. The Kier molecular flexibility index (Phi) is 10.1. The van der Waals surface area contributed by atoms with Crippen LogP contribution in [0.15, 0.2) is 90.5 Å². The topological polar surface area (TPSA) is 116 Å². The number of halogens is 2. The van der Waals surface area contributed by atoms with Crippen LogP contribution in [0, 0.1) is 23.0 Å². The van der Waals surface area contributed by atoms with Gasteiger partial charge in [0.05, 0.1) is 43.7 Å². The molecule has 0 amide bonds. The summed E-state index contributed by atoms with van der Waals surface area (Å²) in [6.07, 6.45) is 3.69. The molecule has 7 rings (SSSR count). The molecule has 5 aromatic rings. The monoisotopic (exact) mass is 714 g/mol. The van der Waals surface area contributed by atoms with Gasteiger partial charge in [0.25, 0.3) is 0 Å². The summed E-state index contributed by atoms with van der Waals surface area (Å²) in [4.78, 5) is 21.6. The molecule has 274 valence electrons. The van der Waals surface area contributed by atoms with Crippen molar-refractivity contribution < 1.29 is 23.4 Å². The summed E-state index contributed by atoms with van der Waals surface area (Å²) >= 11 is 0. The highest BCUT2D eigenvalue weighted by Crippen LogP contribution is 2.40. The summed E-state index contributed by atoms with van der Waals surface area (Å²) in [5, 5.41) is 18.8. The molecule has 2 aliphatic heterocycles. The van der Waals surface area contributed by atoms with Gasteiger partial charge in [-0.3, -0.25) is 4.68 Å². The first kappa shape index (κ1) is 35.3. The Hall–Kier alpha value is -5.08. The average Bonchev–Trinajstić information content (AvgIpc) is 3.88. The van der Waals surface area contributed by atoms with Gasteiger partial charge < -0.3 is 24.4 Å². The standard InChI is InChI=1S/C38H44F2N8O4/c1-38(2,3)35(49)21-48-37(50)47(25-43-48)30-7-5-28(6-8-30)44-14-16-45(17-15-44)29-9-11-31(12-10-29)51-22-26-18-32(20-46-24-41-23-42-46)52-36(26)33-13-4-27(39)19-34(33)40/h4-13,19,23-26,32,35-36,49H,14-18,20-22H2,1-3H3. The summed E-state index contributed by atoms with van der Waals surface area (Å²) in [6.45, 7) is 10.0. The van der Waals surface area contributed by atoms with Crippen LogP contribution in [-0.4, -0.2) is 79.2 Å². The third-order valence-corrected chi connectivity index (χ3v) is 9.98. The van der Waals surface area contributed by atoms with Gasteiger partial charge in [-0.15, -0.1) is 0 Å². The smallest absolute Gasteiger partial charge is 0.350 e. The second-order valence-corrected chi connectivity index (χ2v) is 14.6. The lowest BCUT2D eigenvalue weighted by Gasteiger charge is -2.37. The summed E-state index contributed by atoms with van der Waals surface area (Å²) < 4.78 is 45.5. The number of piperazine rings is 1. The second kappa shape index (κ2) is 14.9. The number of nitrogens with zero attached hydrogens (tertiary/aromatic N) is 8. The quantitative estimate of drug-likeness (QED) is 0.205. The van der Waals surface area contributed by atoms with Gasteiger partial charge in [-0.2, -0.15) is 10.2 Å². The van der Waals surface area contributed by atoms with Gasteiger partial charge in [0.15, 0.2) is 0 Å². The van der Waals surface area contributed by atoms with Crippen molar-refractivity contribution in [3.63, 3.8) is 0 Å². The van der Waals surface area contributed by atoms with E-state index in [9.17, 15) is 18.7 Å². The average molecular weight is 715 g/mol. The number of ether oxygens (including phenoxy) is 2. The zero-order valence-corrected chi connectivity index (χ0v) is 29.6. The second-order valence-electron chi connectivity index (χ2n) is 14.6. The maximum absolute atomic E-state index is 14.8. The molecule has 0 radical (unpaired) electrons. The summed E-state index contributed by atoms with van der Waals surface area (Å²) in [6, 6.07) is 19.5. The zero-order valence-electron chi connectivity index (χ0n) is 29.6. The van der Waals surface area contributed by atoms with Crippen molar-refractivity contribution in [1.82, 2.24) is 29.1 Å². The van der Waals surface area contributed by atoms with Crippen molar-refractivity contribution in [3.05, 3.63) is 113 Å². The molecule has 14 heteroatoms. The van der Waals surface area contributed by atoms with Crippen LogP contribution < -0.4 is 20.2 Å². The lowest BCUT2D eigenvalue weighted by molar-refractivity contribution is 0.0163. The van der Waals surface area contributed by atoms with Gasteiger partial charge >= 0.3 is 5.69 Å². The van der Waals surface area contributed by atoms with Gasteiger partial charge in [-0.05, 0) is 66.4 Å². The van der Waals surface area contributed by atoms with E-state index in [1.807, 2.05) is 69.3 Å². The van der Waals surface area contributed by atoms with Crippen LogP contribution in [0.1, 0.15) is 38.9 Å². The highest BCUT2D eigenvalue weighted by atomic mass is 19.1. The third kappa shape index (κ3) is 7.87. The molecule has 2 aromatic heterocycles. The number of aliphatic hydroxyl groups excluding tert-OH is 1. The lowest BCUT2D eigenvalue weighted by Crippen LogP contribution is -2.46. The van der Waals surface area contributed by atoms with Crippen molar-refractivity contribution in [2.75, 3.05) is 42.6 Å². The molecule has 52 heavy (non-hydrogen) atoms. The lowest BCUT2D eigenvalue weighted by atomic mass is 9.89. The molecular formula is C38H44F2N8O4. The van der Waals surface area contributed by atoms with E-state index in [4.69, 9.17) is 9.47 Å². The molecule has 0 bridgehead atoms. The number of hydrogen-bond donors (Lipinski definition) is 1. The Morgan fingerprint density at radius 2 is 1.56 bits per heavy atom. The highest BCUT2D eigenvalue weighted by molar-refractivity contribution is 5.54. The molecular weight excluding hydrogens is 670 g/mol.